The summed E-state index contributed by atoms with van der Waals surface area (Å²) in [5.74, 6) is 0.418. The highest BCUT2D eigenvalue weighted by Gasteiger charge is 2.38. The van der Waals surface area contributed by atoms with E-state index in [1.165, 1.54) is 4.90 Å². The standard InChI is InChI=1S/C16H21NO3/c1-3-4-5-6-12-11-15(18)17(16(12)19)13-7-9-14(20-2)10-8-13/h7-10,12H,3-6,11H2,1-2H3. The van der Waals surface area contributed by atoms with Crippen LogP contribution in [-0.2, 0) is 9.59 Å². The number of methoxy groups -OCH3 is 1. The third-order valence-electron chi connectivity index (χ3n) is 3.73. The van der Waals surface area contributed by atoms with Crippen LogP contribution in [-0.4, -0.2) is 18.9 Å². The average Bonchev–Trinajstić information content (AvgIpc) is 2.74. The summed E-state index contributed by atoms with van der Waals surface area (Å²) in [6.07, 6.45) is 4.40. The topological polar surface area (TPSA) is 46.6 Å². The number of hydrogen-bond acceptors (Lipinski definition) is 3. The maximum atomic E-state index is 12.3. The second kappa shape index (κ2) is 6.55. The maximum Gasteiger partial charge on any atom is 0.237 e. The number of hydrogen-bond donors (Lipinski definition) is 0. The molecule has 1 unspecified atom stereocenters. The molecule has 1 heterocycles. The molecule has 0 N–H and O–H groups in total. The molecule has 4 heteroatoms. The van der Waals surface area contributed by atoms with Gasteiger partial charge in [0.1, 0.15) is 5.75 Å². The van der Waals surface area contributed by atoms with Crippen molar-refractivity contribution >= 4 is 17.5 Å². The van der Waals surface area contributed by atoms with Crippen molar-refractivity contribution in [3.63, 3.8) is 0 Å². The van der Waals surface area contributed by atoms with Crippen molar-refractivity contribution in [1.29, 1.82) is 0 Å². The van der Waals surface area contributed by atoms with Crippen LogP contribution in [0.15, 0.2) is 24.3 Å². The summed E-state index contributed by atoms with van der Waals surface area (Å²) in [6.45, 7) is 2.13. The van der Waals surface area contributed by atoms with Crippen molar-refractivity contribution in [1.82, 2.24) is 0 Å². The van der Waals surface area contributed by atoms with Gasteiger partial charge >= 0.3 is 0 Å². The van der Waals surface area contributed by atoms with Gasteiger partial charge in [-0.3, -0.25) is 14.5 Å². The van der Waals surface area contributed by atoms with Gasteiger partial charge in [0.25, 0.3) is 0 Å². The lowest BCUT2D eigenvalue weighted by Crippen LogP contribution is -2.30. The monoisotopic (exact) mass is 275 g/mol. The minimum Gasteiger partial charge on any atom is -0.497 e. The number of amides is 2. The van der Waals surface area contributed by atoms with Gasteiger partial charge in [0.15, 0.2) is 0 Å². The van der Waals surface area contributed by atoms with Crippen LogP contribution < -0.4 is 9.64 Å². The summed E-state index contributed by atoms with van der Waals surface area (Å²) in [4.78, 5) is 25.7. The first-order chi connectivity index (χ1) is 9.67. The fourth-order valence-electron chi connectivity index (χ4n) is 2.56. The van der Waals surface area contributed by atoms with Crippen molar-refractivity contribution in [2.75, 3.05) is 12.0 Å². The molecule has 1 fully saturated rings. The van der Waals surface area contributed by atoms with Crippen molar-refractivity contribution in [3.05, 3.63) is 24.3 Å². The van der Waals surface area contributed by atoms with Crippen LogP contribution in [0.5, 0.6) is 5.75 Å². The van der Waals surface area contributed by atoms with E-state index in [4.69, 9.17) is 4.74 Å². The van der Waals surface area contributed by atoms with E-state index in [0.29, 0.717) is 17.9 Å². The smallest absolute Gasteiger partial charge is 0.237 e. The molecule has 1 aliphatic rings. The molecule has 1 atom stereocenters. The summed E-state index contributed by atoms with van der Waals surface area (Å²) >= 11 is 0. The molecule has 0 saturated carbocycles. The van der Waals surface area contributed by atoms with Gasteiger partial charge in [0.2, 0.25) is 11.8 Å². The molecular formula is C16H21NO3. The quantitative estimate of drug-likeness (QED) is 0.592. The van der Waals surface area contributed by atoms with Crippen LogP contribution in [0.3, 0.4) is 0 Å². The lowest BCUT2D eigenvalue weighted by atomic mass is 10.00. The predicted octanol–water partition coefficient (Wildman–Crippen LogP) is 3.16. The predicted molar refractivity (Wildman–Crippen MR) is 77.7 cm³/mol. The first-order valence-electron chi connectivity index (χ1n) is 7.18. The first kappa shape index (κ1) is 14.6. The number of ether oxygens (including phenoxy) is 1. The molecule has 0 radical (unpaired) electrons. The Kier molecular flexibility index (Phi) is 4.77. The summed E-state index contributed by atoms with van der Waals surface area (Å²) in [5.41, 5.74) is 0.638. The fraction of sp³-hybridized carbons (Fsp3) is 0.500. The van der Waals surface area contributed by atoms with Gasteiger partial charge in [0.05, 0.1) is 12.8 Å². The second-order valence-electron chi connectivity index (χ2n) is 5.16. The lowest BCUT2D eigenvalue weighted by Gasteiger charge is -2.15. The zero-order valence-electron chi connectivity index (χ0n) is 12.1. The highest BCUT2D eigenvalue weighted by Crippen LogP contribution is 2.30. The minimum atomic E-state index is -0.142. The number of benzene rings is 1. The zero-order valence-corrected chi connectivity index (χ0v) is 12.1. The van der Waals surface area contributed by atoms with Crippen molar-refractivity contribution < 1.29 is 14.3 Å². The molecule has 0 bridgehead atoms. The van der Waals surface area contributed by atoms with Crippen molar-refractivity contribution in [3.8, 4) is 5.75 Å². The molecule has 1 aromatic carbocycles. The fourth-order valence-corrected chi connectivity index (χ4v) is 2.56. The Morgan fingerprint density at radius 1 is 1.20 bits per heavy atom. The molecule has 0 aliphatic carbocycles. The summed E-state index contributed by atoms with van der Waals surface area (Å²) in [7, 11) is 1.59. The lowest BCUT2D eigenvalue weighted by molar-refractivity contribution is -0.122. The van der Waals surface area contributed by atoms with Gasteiger partial charge in [-0.15, -0.1) is 0 Å². The molecule has 108 valence electrons. The molecule has 1 aromatic rings. The number of carbonyl (C=O) groups is 2. The number of imide groups is 1. The SMILES string of the molecule is CCCCCC1CC(=O)N(c2ccc(OC)cc2)C1=O. The molecule has 1 saturated heterocycles. The average molecular weight is 275 g/mol. The number of carbonyl (C=O) groups excluding carboxylic acids is 2. The number of nitrogens with zero attached hydrogens (tertiary/aromatic N) is 1. The first-order valence-corrected chi connectivity index (χ1v) is 7.18. The highest BCUT2D eigenvalue weighted by atomic mass is 16.5. The number of rotatable bonds is 6. The Morgan fingerprint density at radius 2 is 1.90 bits per heavy atom. The van der Waals surface area contributed by atoms with Crippen molar-refractivity contribution in [2.24, 2.45) is 5.92 Å². The molecule has 2 rings (SSSR count). The molecule has 4 nitrogen and oxygen atoms in total. The number of unbranched alkanes of at least 4 members (excludes halogenated alkanes) is 2. The van der Waals surface area contributed by atoms with Crippen LogP contribution in [0.25, 0.3) is 0 Å². The van der Waals surface area contributed by atoms with E-state index < -0.39 is 0 Å². The second-order valence-corrected chi connectivity index (χ2v) is 5.16. The Bertz CT molecular complexity index is 481. The molecule has 0 spiro atoms. The van der Waals surface area contributed by atoms with Gasteiger partial charge in [-0.05, 0) is 30.7 Å². The van der Waals surface area contributed by atoms with E-state index in [1.54, 1.807) is 31.4 Å². The van der Waals surface area contributed by atoms with Gasteiger partial charge in [-0.2, -0.15) is 0 Å². The van der Waals surface area contributed by atoms with E-state index in [0.717, 1.165) is 25.7 Å². The third kappa shape index (κ3) is 3.00. The normalized spacial score (nSPS) is 18.7. The summed E-state index contributed by atoms with van der Waals surface area (Å²) in [6, 6.07) is 7.03. The summed E-state index contributed by atoms with van der Waals surface area (Å²) < 4.78 is 5.08. The van der Waals surface area contributed by atoms with Crippen molar-refractivity contribution in [2.45, 2.75) is 39.0 Å². The molecular weight excluding hydrogens is 254 g/mol. The van der Waals surface area contributed by atoms with Crippen LogP contribution >= 0.6 is 0 Å². The van der Waals surface area contributed by atoms with Crippen LogP contribution in [0.1, 0.15) is 39.0 Å². The number of anilines is 1. The van der Waals surface area contributed by atoms with Gasteiger partial charge in [-0.25, -0.2) is 0 Å². The zero-order chi connectivity index (χ0) is 14.5. The van der Waals surface area contributed by atoms with Crippen LogP contribution in [0.2, 0.25) is 0 Å². The summed E-state index contributed by atoms with van der Waals surface area (Å²) in [5, 5.41) is 0. The minimum absolute atomic E-state index is 0.0590. The molecule has 20 heavy (non-hydrogen) atoms. The van der Waals surface area contributed by atoms with Gasteiger partial charge < -0.3 is 4.74 Å². The largest absolute Gasteiger partial charge is 0.497 e. The van der Waals surface area contributed by atoms with E-state index in [1.807, 2.05) is 0 Å². The Balaban J connectivity index is 2.07. The Hall–Kier alpha value is -1.84. The van der Waals surface area contributed by atoms with Crippen LogP contribution in [0, 0.1) is 5.92 Å². The molecule has 1 aliphatic heterocycles. The van der Waals surface area contributed by atoms with Gasteiger partial charge in [0, 0.05) is 12.3 Å². The third-order valence-corrected chi connectivity index (χ3v) is 3.73. The highest BCUT2D eigenvalue weighted by molar-refractivity contribution is 6.20. The maximum absolute atomic E-state index is 12.3. The van der Waals surface area contributed by atoms with E-state index in [2.05, 4.69) is 6.92 Å². The molecule has 0 aromatic heterocycles. The van der Waals surface area contributed by atoms with E-state index in [-0.39, 0.29) is 17.7 Å². The van der Waals surface area contributed by atoms with E-state index in [9.17, 15) is 9.59 Å². The van der Waals surface area contributed by atoms with Gasteiger partial charge in [-0.1, -0.05) is 26.2 Å². The van der Waals surface area contributed by atoms with Crippen LogP contribution in [0.4, 0.5) is 5.69 Å². The Labute approximate surface area is 119 Å². The molecule has 2 amide bonds. The van der Waals surface area contributed by atoms with E-state index >= 15 is 0 Å². The Morgan fingerprint density at radius 3 is 2.50 bits per heavy atom.